The van der Waals surface area contributed by atoms with Gasteiger partial charge in [0.1, 0.15) is 0 Å². The molecule has 0 radical (unpaired) electrons. The fourth-order valence-electron chi connectivity index (χ4n) is 0.713. The summed E-state index contributed by atoms with van der Waals surface area (Å²) in [6.45, 7) is 0.330. The van der Waals surface area contributed by atoms with Gasteiger partial charge >= 0.3 is 0 Å². The van der Waals surface area contributed by atoms with Crippen molar-refractivity contribution in [3.05, 3.63) is 32.8 Å². The summed E-state index contributed by atoms with van der Waals surface area (Å²) in [5.74, 6) is 0.305. The fourth-order valence-corrected chi connectivity index (χ4v) is 0.882. The van der Waals surface area contributed by atoms with Gasteiger partial charge in [0.15, 0.2) is 0 Å². The van der Waals surface area contributed by atoms with E-state index < -0.39 is 0 Å². The van der Waals surface area contributed by atoms with E-state index in [1.807, 2.05) is 0 Å². The van der Waals surface area contributed by atoms with E-state index in [0.717, 1.165) is 0 Å². The minimum atomic E-state index is -0.297. The van der Waals surface area contributed by atoms with Crippen LogP contribution in [0.4, 0.5) is 0 Å². The van der Waals surface area contributed by atoms with E-state index in [1.165, 1.54) is 16.8 Å². The van der Waals surface area contributed by atoms with Gasteiger partial charge in [-0.3, -0.25) is 14.7 Å². The van der Waals surface area contributed by atoms with Crippen molar-refractivity contribution in [1.82, 2.24) is 9.78 Å². The monoisotopic (exact) mass is 174 g/mol. The van der Waals surface area contributed by atoms with Crippen molar-refractivity contribution in [3.63, 3.8) is 0 Å². The summed E-state index contributed by atoms with van der Waals surface area (Å²) in [7, 11) is 0. The molecule has 0 spiro atoms. The quantitative estimate of drug-likeness (QED) is 0.630. The van der Waals surface area contributed by atoms with Crippen LogP contribution in [0.5, 0.6) is 0 Å². The number of H-pyrrole nitrogens is 1. The van der Waals surface area contributed by atoms with Crippen molar-refractivity contribution in [2.75, 3.05) is 5.88 Å². The predicted molar refractivity (Wildman–Crippen MR) is 42.0 cm³/mol. The summed E-state index contributed by atoms with van der Waals surface area (Å²) in [5.41, 5.74) is -0.542. The molecule has 0 aliphatic rings. The average Bonchev–Trinajstić information content (AvgIpc) is 1.98. The van der Waals surface area contributed by atoms with Crippen LogP contribution in [-0.2, 0) is 6.54 Å². The molecule has 0 aliphatic heterocycles. The lowest BCUT2D eigenvalue weighted by Crippen LogP contribution is -2.28. The molecule has 1 rings (SSSR count). The Labute approximate surface area is 67.4 Å². The lowest BCUT2D eigenvalue weighted by Gasteiger charge is -1.98. The number of aromatic nitrogens is 2. The van der Waals surface area contributed by atoms with Gasteiger partial charge in [-0.15, -0.1) is 11.6 Å². The zero-order chi connectivity index (χ0) is 8.27. The lowest BCUT2D eigenvalue weighted by atomic mass is 10.5. The highest BCUT2D eigenvalue weighted by atomic mass is 35.5. The Morgan fingerprint density at radius 1 is 1.45 bits per heavy atom. The smallest absolute Gasteiger partial charge is 0.265 e. The van der Waals surface area contributed by atoms with Crippen LogP contribution in [0.3, 0.4) is 0 Å². The van der Waals surface area contributed by atoms with Gasteiger partial charge in [0.2, 0.25) is 0 Å². The zero-order valence-electron chi connectivity index (χ0n) is 5.71. The molecule has 11 heavy (non-hydrogen) atoms. The second-order valence-electron chi connectivity index (χ2n) is 1.99. The number of alkyl halides is 1. The molecule has 0 aliphatic carbocycles. The topological polar surface area (TPSA) is 54.9 Å². The normalized spacial score (nSPS) is 9.91. The van der Waals surface area contributed by atoms with E-state index in [0.29, 0.717) is 12.4 Å². The number of rotatable bonds is 2. The van der Waals surface area contributed by atoms with E-state index in [2.05, 4.69) is 5.10 Å². The Balaban J connectivity index is 3.13. The number of halogens is 1. The molecule has 1 N–H and O–H groups in total. The molecule has 0 amide bonds. The molecule has 0 unspecified atom stereocenters. The number of nitrogens with one attached hydrogen (secondary N) is 1. The molecule has 4 nitrogen and oxygen atoms in total. The van der Waals surface area contributed by atoms with Crippen molar-refractivity contribution in [3.8, 4) is 0 Å². The Morgan fingerprint density at radius 3 is 2.82 bits per heavy atom. The maximum Gasteiger partial charge on any atom is 0.265 e. The first kappa shape index (κ1) is 8.07. The molecule has 0 saturated carbocycles. The molecule has 1 aromatic rings. The van der Waals surface area contributed by atoms with Gasteiger partial charge in [-0.1, -0.05) is 0 Å². The highest BCUT2D eigenvalue weighted by Gasteiger charge is 1.92. The minimum absolute atomic E-state index is 0.245. The summed E-state index contributed by atoms with van der Waals surface area (Å²) in [6, 6.07) is 2.40. The predicted octanol–water partition coefficient (Wildman–Crippen LogP) is -0.225. The molecule has 0 saturated heterocycles. The van der Waals surface area contributed by atoms with E-state index >= 15 is 0 Å². The largest absolute Gasteiger partial charge is 0.268 e. The van der Waals surface area contributed by atoms with Gasteiger partial charge in [-0.2, -0.15) is 0 Å². The van der Waals surface area contributed by atoms with Crippen molar-refractivity contribution in [2.24, 2.45) is 0 Å². The third-order valence-electron chi connectivity index (χ3n) is 1.20. The third kappa shape index (κ3) is 1.94. The van der Waals surface area contributed by atoms with Gasteiger partial charge in [0, 0.05) is 18.0 Å². The number of hydrogen-bond donors (Lipinski definition) is 1. The van der Waals surface area contributed by atoms with Gasteiger partial charge in [-0.25, -0.2) is 4.68 Å². The first-order valence-electron chi connectivity index (χ1n) is 3.10. The first-order chi connectivity index (χ1) is 5.24. The van der Waals surface area contributed by atoms with Crippen LogP contribution < -0.4 is 11.1 Å². The summed E-state index contributed by atoms with van der Waals surface area (Å²) >= 11 is 5.38. The van der Waals surface area contributed by atoms with Gasteiger partial charge < -0.3 is 0 Å². The van der Waals surface area contributed by atoms with Crippen molar-refractivity contribution >= 4 is 11.6 Å². The van der Waals surface area contributed by atoms with E-state index in [-0.39, 0.29) is 11.1 Å². The maximum absolute atomic E-state index is 10.9. The molecule has 1 heterocycles. The Morgan fingerprint density at radius 2 is 2.18 bits per heavy atom. The van der Waals surface area contributed by atoms with Crippen LogP contribution in [-0.4, -0.2) is 15.7 Å². The molecule has 0 bridgehead atoms. The molecular formula is C6H7ClN2O2. The highest BCUT2D eigenvalue weighted by Crippen LogP contribution is 1.76. The van der Waals surface area contributed by atoms with Gasteiger partial charge in [0.25, 0.3) is 11.1 Å². The molecular weight excluding hydrogens is 168 g/mol. The molecule has 1 aromatic heterocycles. The third-order valence-corrected chi connectivity index (χ3v) is 1.37. The van der Waals surface area contributed by atoms with Crippen LogP contribution in [0.1, 0.15) is 0 Å². The number of nitrogens with zero attached hydrogens (tertiary/aromatic N) is 1. The number of aromatic amines is 1. The SMILES string of the molecule is O=c1ccc(=O)n(CCCl)[nH]1. The molecule has 0 atom stereocenters. The van der Waals surface area contributed by atoms with Crippen LogP contribution in [0.2, 0.25) is 0 Å². The van der Waals surface area contributed by atoms with Crippen LogP contribution in [0.15, 0.2) is 21.7 Å². The lowest BCUT2D eigenvalue weighted by molar-refractivity contribution is 0.608. The Kier molecular flexibility index (Phi) is 2.48. The highest BCUT2D eigenvalue weighted by molar-refractivity contribution is 6.17. The maximum atomic E-state index is 10.9. The Bertz CT molecular complexity index is 341. The first-order valence-corrected chi connectivity index (χ1v) is 3.63. The van der Waals surface area contributed by atoms with Gasteiger partial charge in [0.05, 0.1) is 6.54 Å². The van der Waals surface area contributed by atoms with Gasteiger partial charge in [-0.05, 0) is 0 Å². The number of aryl methyl sites for hydroxylation is 1. The van der Waals surface area contributed by atoms with E-state index in [9.17, 15) is 9.59 Å². The molecule has 0 fully saturated rings. The second kappa shape index (κ2) is 3.39. The summed E-state index contributed by atoms with van der Waals surface area (Å²) in [4.78, 5) is 21.6. The van der Waals surface area contributed by atoms with Crippen molar-refractivity contribution in [1.29, 1.82) is 0 Å². The standard InChI is InChI=1S/C6H7ClN2O2/c7-3-4-9-6(11)2-1-5(10)8-9/h1-2H,3-4H2,(H,8,10). The Hall–Kier alpha value is -1.03. The van der Waals surface area contributed by atoms with Crippen molar-refractivity contribution < 1.29 is 0 Å². The molecule has 5 heteroatoms. The van der Waals surface area contributed by atoms with Crippen LogP contribution >= 0.6 is 11.6 Å². The van der Waals surface area contributed by atoms with Crippen molar-refractivity contribution in [2.45, 2.75) is 6.54 Å². The second-order valence-corrected chi connectivity index (χ2v) is 2.37. The summed E-state index contributed by atoms with van der Waals surface area (Å²) in [6.07, 6.45) is 0. The zero-order valence-corrected chi connectivity index (χ0v) is 6.47. The molecule has 60 valence electrons. The van der Waals surface area contributed by atoms with Crippen LogP contribution in [0, 0.1) is 0 Å². The van der Waals surface area contributed by atoms with Crippen LogP contribution in [0.25, 0.3) is 0 Å². The summed E-state index contributed by atoms with van der Waals surface area (Å²) in [5, 5.41) is 2.34. The minimum Gasteiger partial charge on any atom is -0.268 e. The fraction of sp³-hybridized carbons (Fsp3) is 0.333. The molecule has 0 aromatic carbocycles. The van der Waals surface area contributed by atoms with E-state index in [4.69, 9.17) is 11.6 Å². The average molecular weight is 175 g/mol. The number of hydrogen-bond acceptors (Lipinski definition) is 2. The summed E-state index contributed by atoms with van der Waals surface area (Å²) < 4.78 is 1.18. The van der Waals surface area contributed by atoms with E-state index in [1.54, 1.807) is 0 Å².